The van der Waals surface area contributed by atoms with E-state index in [2.05, 4.69) is 46.2 Å². The molecular weight excluding hydrogens is 485 g/mol. The van der Waals surface area contributed by atoms with Crippen molar-refractivity contribution < 1.29 is 14.6 Å². The SMILES string of the molecule is CCNC(=NCC(C)(O)CN1CCOCC1)NCCCN1CC(C)OC(C)C1.I. The van der Waals surface area contributed by atoms with Crippen LogP contribution in [0.5, 0.6) is 0 Å². The molecule has 0 spiro atoms. The largest absolute Gasteiger partial charge is 0.387 e. The number of hydrogen-bond donors (Lipinski definition) is 3. The van der Waals surface area contributed by atoms with Crippen LogP contribution in [0.3, 0.4) is 0 Å². The van der Waals surface area contributed by atoms with Crippen molar-refractivity contribution in [2.45, 2.75) is 51.9 Å². The Kier molecular flexibility index (Phi) is 12.9. The van der Waals surface area contributed by atoms with Gasteiger partial charge in [0.15, 0.2) is 5.96 Å². The van der Waals surface area contributed by atoms with Gasteiger partial charge >= 0.3 is 0 Å². The molecule has 9 heteroatoms. The van der Waals surface area contributed by atoms with Gasteiger partial charge in [-0.15, -0.1) is 24.0 Å². The minimum Gasteiger partial charge on any atom is -0.387 e. The smallest absolute Gasteiger partial charge is 0.191 e. The van der Waals surface area contributed by atoms with E-state index in [4.69, 9.17) is 9.47 Å². The van der Waals surface area contributed by atoms with E-state index in [-0.39, 0.29) is 24.0 Å². The predicted octanol–water partition coefficient (Wildman–Crippen LogP) is 0.742. The van der Waals surface area contributed by atoms with Gasteiger partial charge in [0, 0.05) is 52.4 Å². The Morgan fingerprint density at radius 2 is 1.79 bits per heavy atom. The van der Waals surface area contributed by atoms with Gasteiger partial charge < -0.3 is 25.2 Å². The molecule has 0 radical (unpaired) electrons. The molecule has 2 aliphatic heterocycles. The van der Waals surface area contributed by atoms with Crippen LogP contribution < -0.4 is 10.6 Å². The summed E-state index contributed by atoms with van der Waals surface area (Å²) in [5.41, 5.74) is -0.847. The minimum atomic E-state index is -0.847. The van der Waals surface area contributed by atoms with Gasteiger partial charge in [0.05, 0.1) is 37.6 Å². The Labute approximate surface area is 193 Å². The van der Waals surface area contributed by atoms with Crippen molar-refractivity contribution in [3.8, 4) is 0 Å². The van der Waals surface area contributed by atoms with E-state index in [0.29, 0.717) is 25.3 Å². The van der Waals surface area contributed by atoms with E-state index in [1.54, 1.807) is 0 Å². The topological polar surface area (TPSA) is 81.6 Å². The molecule has 172 valence electrons. The van der Waals surface area contributed by atoms with E-state index in [1.807, 2.05) is 6.92 Å². The number of nitrogens with one attached hydrogen (secondary N) is 2. The molecule has 0 aromatic carbocycles. The molecule has 0 aliphatic carbocycles. The molecule has 8 nitrogen and oxygen atoms in total. The normalized spacial score (nSPS) is 26.4. The average Bonchev–Trinajstić information content (AvgIpc) is 2.63. The maximum Gasteiger partial charge on any atom is 0.191 e. The summed E-state index contributed by atoms with van der Waals surface area (Å²) in [5.74, 6) is 0.772. The first kappa shape index (κ1) is 26.8. The molecule has 2 rings (SSSR count). The lowest BCUT2D eigenvalue weighted by Gasteiger charge is -2.35. The fourth-order valence-corrected chi connectivity index (χ4v) is 3.86. The Morgan fingerprint density at radius 3 is 2.41 bits per heavy atom. The lowest BCUT2D eigenvalue weighted by Crippen LogP contribution is -2.48. The molecule has 0 bridgehead atoms. The third-order valence-electron chi connectivity index (χ3n) is 5.03. The van der Waals surface area contributed by atoms with Crippen molar-refractivity contribution in [2.75, 3.05) is 72.1 Å². The summed E-state index contributed by atoms with van der Waals surface area (Å²) in [4.78, 5) is 9.32. The number of nitrogens with zero attached hydrogens (tertiary/aromatic N) is 3. The lowest BCUT2D eigenvalue weighted by molar-refractivity contribution is -0.0679. The molecule has 0 amide bonds. The lowest BCUT2D eigenvalue weighted by atomic mass is 10.1. The summed E-state index contributed by atoms with van der Waals surface area (Å²) in [7, 11) is 0. The van der Waals surface area contributed by atoms with Crippen molar-refractivity contribution >= 4 is 29.9 Å². The number of halogens is 1. The fourth-order valence-electron chi connectivity index (χ4n) is 3.86. The highest BCUT2D eigenvalue weighted by Crippen LogP contribution is 2.11. The molecule has 0 saturated carbocycles. The van der Waals surface area contributed by atoms with E-state index in [0.717, 1.165) is 71.4 Å². The quantitative estimate of drug-likeness (QED) is 0.177. The van der Waals surface area contributed by atoms with Crippen LogP contribution in [0.25, 0.3) is 0 Å². The summed E-state index contributed by atoms with van der Waals surface area (Å²) >= 11 is 0. The number of hydrogen-bond acceptors (Lipinski definition) is 6. The van der Waals surface area contributed by atoms with E-state index >= 15 is 0 Å². The number of aliphatic hydroxyl groups is 1. The number of guanidine groups is 1. The Hall–Kier alpha value is -0.200. The van der Waals surface area contributed by atoms with Gasteiger partial charge in [0.1, 0.15) is 0 Å². The fraction of sp³-hybridized carbons (Fsp3) is 0.950. The minimum absolute atomic E-state index is 0. The molecule has 2 heterocycles. The van der Waals surface area contributed by atoms with Crippen LogP contribution in [0.15, 0.2) is 4.99 Å². The number of aliphatic imine (C=N–C) groups is 1. The second-order valence-electron chi connectivity index (χ2n) is 8.38. The zero-order valence-corrected chi connectivity index (χ0v) is 21.0. The molecule has 2 fully saturated rings. The first-order valence-corrected chi connectivity index (χ1v) is 10.8. The molecule has 2 aliphatic rings. The number of β-amino-alcohol motifs (C(OH)–C–C–N with tert-alkyl or cyclic N) is 1. The maximum absolute atomic E-state index is 10.7. The highest BCUT2D eigenvalue weighted by molar-refractivity contribution is 14.0. The van der Waals surface area contributed by atoms with Gasteiger partial charge in [-0.2, -0.15) is 0 Å². The van der Waals surface area contributed by atoms with Gasteiger partial charge in [-0.05, 0) is 34.1 Å². The zero-order valence-electron chi connectivity index (χ0n) is 18.7. The van der Waals surface area contributed by atoms with Crippen LogP contribution >= 0.6 is 24.0 Å². The highest BCUT2D eigenvalue weighted by atomic mass is 127. The molecule has 3 unspecified atom stereocenters. The van der Waals surface area contributed by atoms with Crippen molar-refractivity contribution in [2.24, 2.45) is 4.99 Å². The third kappa shape index (κ3) is 11.1. The molecule has 29 heavy (non-hydrogen) atoms. The van der Waals surface area contributed by atoms with Crippen molar-refractivity contribution in [1.29, 1.82) is 0 Å². The van der Waals surface area contributed by atoms with Crippen LogP contribution in [-0.2, 0) is 9.47 Å². The second kappa shape index (κ2) is 14.0. The van der Waals surface area contributed by atoms with Gasteiger partial charge in [-0.1, -0.05) is 0 Å². The first-order valence-electron chi connectivity index (χ1n) is 10.8. The molecule has 3 N–H and O–H groups in total. The third-order valence-corrected chi connectivity index (χ3v) is 5.03. The first-order chi connectivity index (χ1) is 13.4. The van der Waals surface area contributed by atoms with Crippen LogP contribution in [0.1, 0.15) is 34.1 Å². The highest BCUT2D eigenvalue weighted by Gasteiger charge is 2.25. The summed E-state index contributed by atoms with van der Waals surface area (Å²) in [6, 6.07) is 0. The Bertz CT molecular complexity index is 465. The molecule has 3 atom stereocenters. The van der Waals surface area contributed by atoms with Crippen LogP contribution in [0.2, 0.25) is 0 Å². The van der Waals surface area contributed by atoms with Crippen molar-refractivity contribution in [3.05, 3.63) is 0 Å². The average molecular weight is 527 g/mol. The van der Waals surface area contributed by atoms with Gasteiger partial charge in [0.2, 0.25) is 0 Å². The maximum atomic E-state index is 10.7. The zero-order chi connectivity index (χ0) is 20.4. The van der Waals surface area contributed by atoms with E-state index < -0.39 is 5.60 Å². The number of morpholine rings is 2. The summed E-state index contributed by atoms with van der Waals surface area (Å²) < 4.78 is 11.2. The predicted molar refractivity (Wildman–Crippen MR) is 128 cm³/mol. The van der Waals surface area contributed by atoms with Gasteiger partial charge in [0.25, 0.3) is 0 Å². The molecular formula is C20H42IN5O3. The van der Waals surface area contributed by atoms with Gasteiger partial charge in [-0.25, -0.2) is 0 Å². The van der Waals surface area contributed by atoms with E-state index in [1.165, 1.54) is 0 Å². The molecule has 0 aromatic heterocycles. The molecule has 2 saturated heterocycles. The Balaban J connectivity index is 0.00000420. The summed E-state index contributed by atoms with van der Waals surface area (Å²) in [5, 5.41) is 17.4. The number of rotatable bonds is 9. The summed E-state index contributed by atoms with van der Waals surface area (Å²) in [6.45, 7) is 17.1. The van der Waals surface area contributed by atoms with E-state index in [9.17, 15) is 5.11 Å². The monoisotopic (exact) mass is 527 g/mol. The van der Waals surface area contributed by atoms with Crippen molar-refractivity contribution in [1.82, 2.24) is 20.4 Å². The molecule has 0 aromatic rings. The van der Waals surface area contributed by atoms with Crippen LogP contribution in [0, 0.1) is 0 Å². The van der Waals surface area contributed by atoms with Crippen LogP contribution in [-0.4, -0.2) is 111 Å². The van der Waals surface area contributed by atoms with Gasteiger partial charge in [-0.3, -0.25) is 14.8 Å². The van der Waals surface area contributed by atoms with Crippen molar-refractivity contribution in [3.63, 3.8) is 0 Å². The summed E-state index contributed by atoms with van der Waals surface area (Å²) in [6.07, 6.45) is 1.67. The standard InChI is InChI=1S/C20H41N5O3.HI/c1-5-21-19(22-7-6-8-25-13-17(2)28-18(3)14-25)23-15-20(4,26)16-24-9-11-27-12-10-24;/h17-18,26H,5-16H2,1-4H3,(H2,21,22,23);1H. The Morgan fingerprint density at radius 1 is 1.14 bits per heavy atom. The second-order valence-corrected chi connectivity index (χ2v) is 8.38. The van der Waals surface area contributed by atoms with Crippen LogP contribution in [0.4, 0.5) is 0 Å². The number of ether oxygens (including phenoxy) is 2.